The molecule has 0 aromatic carbocycles. The Balaban J connectivity index is 1.82. The summed E-state index contributed by atoms with van der Waals surface area (Å²) >= 11 is 0. The average molecular weight is 295 g/mol. The van der Waals surface area contributed by atoms with Crippen molar-refractivity contribution < 1.29 is 14.3 Å². The lowest BCUT2D eigenvalue weighted by molar-refractivity contribution is -0.126. The predicted molar refractivity (Wildman–Crippen MR) is 79.8 cm³/mol. The van der Waals surface area contributed by atoms with E-state index in [9.17, 15) is 9.59 Å². The van der Waals surface area contributed by atoms with E-state index in [4.69, 9.17) is 4.74 Å². The third kappa shape index (κ3) is 4.20. The van der Waals surface area contributed by atoms with Gasteiger partial charge in [-0.05, 0) is 19.9 Å². The van der Waals surface area contributed by atoms with Crippen molar-refractivity contribution in [3.63, 3.8) is 0 Å². The van der Waals surface area contributed by atoms with Crippen molar-refractivity contribution in [1.29, 1.82) is 0 Å². The highest BCUT2D eigenvalue weighted by Crippen LogP contribution is 2.26. The van der Waals surface area contributed by atoms with Crippen LogP contribution in [0.2, 0.25) is 0 Å². The van der Waals surface area contributed by atoms with E-state index in [1.807, 2.05) is 13.1 Å². The van der Waals surface area contributed by atoms with Gasteiger partial charge in [0.1, 0.15) is 0 Å². The fourth-order valence-corrected chi connectivity index (χ4v) is 2.82. The molecule has 2 amide bonds. The second kappa shape index (κ2) is 7.45. The Kier molecular flexibility index (Phi) is 5.61. The van der Waals surface area contributed by atoms with Crippen LogP contribution >= 0.6 is 0 Å². The lowest BCUT2D eigenvalue weighted by Crippen LogP contribution is -2.47. The molecule has 6 heteroatoms. The van der Waals surface area contributed by atoms with Gasteiger partial charge in [-0.15, -0.1) is 0 Å². The van der Waals surface area contributed by atoms with E-state index in [1.54, 1.807) is 11.9 Å². The van der Waals surface area contributed by atoms with E-state index >= 15 is 0 Å². The Labute approximate surface area is 126 Å². The van der Waals surface area contributed by atoms with Gasteiger partial charge in [-0.1, -0.05) is 12.2 Å². The predicted octanol–water partition coefficient (Wildman–Crippen LogP) is 0.699. The van der Waals surface area contributed by atoms with Crippen LogP contribution < -0.4 is 5.32 Å². The number of ether oxygens (including phenoxy) is 1. The normalized spacial score (nSPS) is 26.5. The van der Waals surface area contributed by atoms with Gasteiger partial charge in [-0.3, -0.25) is 4.79 Å². The molecule has 2 aliphatic rings. The Hall–Kier alpha value is -1.56. The largest absolute Gasteiger partial charge is 0.449 e. The minimum Gasteiger partial charge on any atom is -0.449 e. The Morgan fingerprint density at radius 2 is 1.86 bits per heavy atom. The molecule has 1 N–H and O–H groups in total. The Morgan fingerprint density at radius 3 is 2.52 bits per heavy atom. The van der Waals surface area contributed by atoms with Crippen LogP contribution in [0.5, 0.6) is 0 Å². The number of carbonyl (C=O) groups excluding carboxylic acids is 2. The summed E-state index contributed by atoms with van der Waals surface area (Å²) in [5, 5.41) is 2.69. The van der Waals surface area contributed by atoms with Gasteiger partial charge in [-0.25, -0.2) is 4.79 Å². The monoisotopic (exact) mass is 295 g/mol. The van der Waals surface area contributed by atoms with Crippen LogP contribution in [-0.4, -0.2) is 68.7 Å². The first-order valence-electron chi connectivity index (χ1n) is 7.58. The Morgan fingerprint density at radius 1 is 1.19 bits per heavy atom. The third-order valence-electron chi connectivity index (χ3n) is 4.33. The minimum absolute atomic E-state index is 0.0278. The quantitative estimate of drug-likeness (QED) is 0.779. The van der Waals surface area contributed by atoms with E-state index in [0.717, 1.165) is 25.9 Å². The van der Waals surface area contributed by atoms with Gasteiger partial charge in [0.25, 0.3) is 0 Å². The maximum atomic E-state index is 12.1. The Bertz CT molecular complexity index is 403. The summed E-state index contributed by atoms with van der Waals surface area (Å²) in [4.78, 5) is 27.9. The highest BCUT2D eigenvalue weighted by atomic mass is 16.6. The van der Waals surface area contributed by atoms with Gasteiger partial charge >= 0.3 is 6.09 Å². The van der Waals surface area contributed by atoms with Crippen LogP contribution in [0.15, 0.2) is 12.2 Å². The molecule has 0 bridgehead atoms. The molecule has 0 spiro atoms. The van der Waals surface area contributed by atoms with E-state index in [-0.39, 0.29) is 23.8 Å². The summed E-state index contributed by atoms with van der Waals surface area (Å²) in [6.45, 7) is 3.48. The van der Waals surface area contributed by atoms with Gasteiger partial charge in [0, 0.05) is 45.1 Å². The van der Waals surface area contributed by atoms with Crippen LogP contribution in [0.1, 0.15) is 12.8 Å². The number of likely N-dealkylation sites (N-methyl/N-ethyl adjacent to an activating group) is 1. The molecule has 0 aromatic rings. The maximum absolute atomic E-state index is 12.1. The number of hydrogen-bond donors (Lipinski definition) is 1. The summed E-state index contributed by atoms with van der Waals surface area (Å²) in [6, 6.07) is 0. The lowest BCUT2D eigenvalue weighted by Gasteiger charge is -2.32. The summed E-state index contributed by atoms with van der Waals surface area (Å²) < 4.78 is 5.44. The smallest absolute Gasteiger partial charge is 0.409 e. The number of carbonyl (C=O) groups is 2. The van der Waals surface area contributed by atoms with Crippen molar-refractivity contribution in [3.05, 3.63) is 12.2 Å². The lowest BCUT2D eigenvalue weighted by atomic mass is 9.83. The highest BCUT2D eigenvalue weighted by Gasteiger charge is 2.30. The average Bonchev–Trinajstić information content (AvgIpc) is 2.52. The second-order valence-corrected chi connectivity index (χ2v) is 5.79. The fraction of sp³-hybridized carbons (Fsp3) is 0.733. The molecular weight excluding hydrogens is 270 g/mol. The van der Waals surface area contributed by atoms with Gasteiger partial charge in [0.15, 0.2) is 0 Å². The molecule has 1 aliphatic carbocycles. The first kappa shape index (κ1) is 15.8. The molecule has 21 heavy (non-hydrogen) atoms. The first-order chi connectivity index (χ1) is 10.1. The summed E-state index contributed by atoms with van der Waals surface area (Å²) in [6.07, 6.45) is 5.34. The summed E-state index contributed by atoms with van der Waals surface area (Å²) in [5.74, 6) is 0.00616. The van der Waals surface area contributed by atoms with Crippen LogP contribution in [-0.2, 0) is 9.53 Å². The van der Waals surface area contributed by atoms with Crippen LogP contribution in [0.3, 0.4) is 0 Å². The zero-order valence-electron chi connectivity index (χ0n) is 12.9. The van der Waals surface area contributed by atoms with E-state index in [2.05, 4.69) is 16.3 Å². The molecule has 1 aliphatic heterocycles. The van der Waals surface area contributed by atoms with Crippen molar-refractivity contribution >= 4 is 12.0 Å². The second-order valence-electron chi connectivity index (χ2n) is 5.79. The molecule has 2 unspecified atom stereocenters. The van der Waals surface area contributed by atoms with E-state index in [0.29, 0.717) is 19.7 Å². The molecular formula is C15H25N3O3. The standard InChI is InChI=1S/C15H25N3O3/c1-16-14(19)13-6-4-3-5-12(13)11-21-15(20)18-9-7-17(2)8-10-18/h3-4,12-13H,5-11H2,1-2H3,(H,16,19). The summed E-state index contributed by atoms with van der Waals surface area (Å²) in [7, 11) is 3.69. The number of nitrogens with zero attached hydrogens (tertiary/aromatic N) is 2. The van der Waals surface area contributed by atoms with Gasteiger partial charge < -0.3 is 19.9 Å². The summed E-state index contributed by atoms with van der Waals surface area (Å²) in [5.41, 5.74) is 0. The third-order valence-corrected chi connectivity index (χ3v) is 4.33. The van der Waals surface area contributed by atoms with Gasteiger partial charge in [-0.2, -0.15) is 0 Å². The molecule has 0 aromatic heterocycles. The zero-order chi connectivity index (χ0) is 15.2. The molecule has 1 fully saturated rings. The van der Waals surface area contributed by atoms with Crippen molar-refractivity contribution in [1.82, 2.24) is 15.1 Å². The zero-order valence-corrected chi connectivity index (χ0v) is 12.9. The van der Waals surface area contributed by atoms with Gasteiger partial charge in [0.2, 0.25) is 5.91 Å². The maximum Gasteiger partial charge on any atom is 0.409 e. The molecule has 0 radical (unpaired) electrons. The molecule has 6 nitrogen and oxygen atoms in total. The number of allylic oxidation sites excluding steroid dienone is 2. The fourth-order valence-electron chi connectivity index (χ4n) is 2.82. The van der Waals surface area contributed by atoms with Crippen LogP contribution in [0.25, 0.3) is 0 Å². The number of hydrogen-bond acceptors (Lipinski definition) is 4. The van der Waals surface area contributed by atoms with E-state index < -0.39 is 0 Å². The molecule has 2 atom stereocenters. The molecule has 2 rings (SSSR count). The molecule has 1 saturated heterocycles. The molecule has 118 valence electrons. The van der Waals surface area contributed by atoms with Crippen molar-refractivity contribution in [2.45, 2.75) is 12.8 Å². The van der Waals surface area contributed by atoms with E-state index in [1.165, 1.54) is 0 Å². The van der Waals surface area contributed by atoms with Crippen molar-refractivity contribution in [2.75, 3.05) is 46.9 Å². The number of nitrogens with one attached hydrogen (secondary N) is 1. The van der Waals surface area contributed by atoms with Crippen molar-refractivity contribution in [3.8, 4) is 0 Å². The number of amides is 2. The number of piperazine rings is 1. The van der Waals surface area contributed by atoms with Crippen LogP contribution in [0.4, 0.5) is 4.79 Å². The SMILES string of the molecule is CNC(=O)C1CC=CCC1COC(=O)N1CCN(C)CC1. The van der Waals surface area contributed by atoms with Crippen LogP contribution in [0, 0.1) is 11.8 Å². The minimum atomic E-state index is -0.256. The molecule has 1 heterocycles. The first-order valence-corrected chi connectivity index (χ1v) is 7.58. The van der Waals surface area contributed by atoms with Crippen molar-refractivity contribution in [2.24, 2.45) is 11.8 Å². The van der Waals surface area contributed by atoms with Gasteiger partial charge in [0.05, 0.1) is 6.61 Å². The topological polar surface area (TPSA) is 61.9 Å². The highest BCUT2D eigenvalue weighted by molar-refractivity contribution is 5.79. The number of rotatable bonds is 3. The molecule has 0 saturated carbocycles.